The average molecular weight is 212 g/mol. The summed E-state index contributed by atoms with van der Waals surface area (Å²) in [6, 6.07) is 8.91. The average Bonchev–Trinajstić information content (AvgIpc) is 2.74. The SMILES string of the molecule is O=c1ccc(-n2ccc3cccnc32)n[nH]1. The van der Waals surface area contributed by atoms with Gasteiger partial charge < -0.3 is 0 Å². The first-order valence-corrected chi connectivity index (χ1v) is 4.83. The van der Waals surface area contributed by atoms with Crippen LogP contribution in [0, 0.1) is 0 Å². The van der Waals surface area contributed by atoms with E-state index in [0.29, 0.717) is 5.82 Å². The van der Waals surface area contributed by atoms with Crippen LogP contribution >= 0.6 is 0 Å². The van der Waals surface area contributed by atoms with E-state index in [9.17, 15) is 4.79 Å². The summed E-state index contributed by atoms with van der Waals surface area (Å²) in [4.78, 5) is 15.2. The van der Waals surface area contributed by atoms with Gasteiger partial charge in [0.1, 0.15) is 5.65 Å². The third-order valence-electron chi connectivity index (χ3n) is 2.36. The van der Waals surface area contributed by atoms with Gasteiger partial charge in [0.2, 0.25) is 0 Å². The van der Waals surface area contributed by atoms with E-state index >= 15 is 0 Å². The van der Waals surface area contributed by atoms with E-state index in [-0.39, 0.29) is 5.56 Å². The first-order valence-electron chi connectivity index (χ1n) is 4.83. The van der Waals surface area contributed by atoms with Crippen LogP contribution in [-0.2, 0) is 0 Å². The molecular formula is C11H8N4O. The third kappa shape index (κ3) is 1.30. The lowest BCUT2D eigenvalue weighted by Gasteiger charge is -2.01. The molecule has 0 aliphatic carbocycles. The number of nitrogens with zero attached hydrogens (tertiary/aromatic N) is 3. The van der Waals surface area contributed by atoms with Crippen molar-refractivity contribution in [1.29, 1.82) is 0 Å². The number of rotatable bonds is 1. The fraction of sp³-hybridized carbons (Fsp3) is 0. The van der Waals surface area contributed by atoms with Crippen LogP contribution < -0.4 is 5.56 Å². The molecule has 0 unspecified atom stereocenters. The summed E-state index contributed by atoms with van der Waals surface area (Å²) in [6.45, 7) is 0. The van der Waals surface area contributed by atoms with E-state index in [4.69, 9.17) is 0 Å². The van der Waals surface area contributed by atoms with Crippen molar-refractivity contribution < 1.29 is 0 Å². The van der Waals surface area contributed by atoms with E-state index < -0.39 is 0 Å². The highest BCUT2D eigenvalue weighted by Gasteiger charge is 2.04. The molecule has 5 nitrogen and oxygen atoms in total. The van der Waals surface area contributed by atoms with Crippen LogP contribution in [0.1, 0.15) is 0 Å². The number of H-pyrrole nitrogens is 1. The summed E-state index contributed by atoms with van der Waals surface area (Å²) in [7, 11) is 0. The highest BCUT2D eigenvalue weighted by Crippen LogP contribution is 2.15. The van der Waals surface area contributed by atoms with E-state index in [1.54, 1.807) is 12.3 Å². The van der Waals surface area contributed by atoms with E-state index in [1.807, 2.05) is 29.0 Å². The first kappa shape index (κ1) is 8.84. The zero-order valence-corrected chi connectivity index (χ0v) is 8.29. The first-order chi connectivity index (χ1) is 7.84. The van der Waals surface area contributed by atoms with Gasteiger partial charge in [-0.15, -0.1) is 0 Å². The van der Waals surface area contributed by atoms with E-state index in [0.717, 1.165) is 11.0 Å². The quantitative estimate of drug-likeness (QED) is 0.657. The van der Waals surface area contributed by atoms with Gasteiger partial charge in [-0.2, -0.15) is 5.10 Å². The van der Waals surface area contributed by atoms with Gasteiger partial charge in [0.25, 0.3) is 5.56 Å². The van der Waals surface area contributed by atoms with Crippen LogP contribution in [0.4, 0.5) is 0 Å². The molecule has 3 heterocycles. The molecule has 0 radical (unpaired) electrons. The van der Waals surface area contributed by atoms with Crippen LogP contribution in [0.5, 0.6) is 0 Å². The van der Waals surface area contributed by atoms with Crippen molar-refractivity contribution >= 4 is 11.0 Å². The molecule has 78 valence electrons. The Morgan fingerprint density at radius 3 is 2.94 bits per heavy atom. The summed E-state index contributed by atoms with van der Waals surface area (Å²) in [5.41, 5.74) is 0.607. The Morgan fingerprint density at radius 2 is 2.12 bits per heavy atom. The maximum absolute atomic E-state index is 10.9. The summed E-state index contributed by atoms with van der Waals surface area (Å²) in [5, 5.41) is 7.39. The van der Waals surface area contributed by atoms with Crippen LogP contribution in [0.15, 0.2) is 47.5 Å². The van der Waals surface area contributed by atoms with Crippen molar-refractivity contribution in [2.75, 3.05) is 0 Å². The molecule has 0 amide bonds. The van der Waals surface area contributed by atoms with Gasteiger partial charge in [0.15, 0.2) is 5.82 Å². The van der Waals surface area contributed by atoms with E-state index in [2.05, 4.69) is 15.2 Å². The van der Waals surface area contributed by atoms with Gasteiger partial charge in [-0.05, 0) is 24.3 Å². The molecule has 0 saturated carbocycles. The summed E-state index contributed by atoms with van der Waals surface area (Å²) >= 11 is 0. The minimum absolute atomic E-state index is 0.215. The zero-order valence-electron chi connectivity index (χ0n) is 8.29. The minimum Gasteiger partial charge on any atom is -0.284 e. The van der Waals surface area contributed by atoms with Crippen molar-refractivity contribution in [3.8, 4) is 5.82 Å². The van der Waals surface area contributed by atoms with Crippen molar-refractivity contribution in [2.24, 2.45) is 0 Å². The van der Waals surface area contributed by atoms with Gasteiger partial charge >= 0.3 is 0 Å². The third-order valence-corrected chi connectivity index (χ3v) is 2.36. The molecule has 1 N–H and O–H groups in total. The fourth-order valence-corrected chi connectivity index (χ4v) is 1.62. The van der Waals surface area contributed by atoms with Crippen LogP contribution in [0.25, 0.3) is 16.9 Å². The Balaban J connectivity index is 2.26. The van der Waals surface area contributed by atoms with Crippen molar-refractivity contribution in [3.05, 3.63) is 53.1 Å². The van der Waals surface area contributed by atoms with Crippen molar-refractivity contribution in [3.63, 3.8) is 0 Å². The van der Waals surface area contributed by atoms with Gasteiger partial charge in [0.05, 0.1) is 0 Å². The molecule has 0 saturated heterocycles. The van der Waals surface area contributed by atoms with E-state index in [1.165, 1.54) is 6.07 Å². The molecule has 5 heteroatoms. The van der Waals surface area contributed by atoms with Crippen molar-refractivity contribution in [2.45, 2.75) is 0 Å². The van der Waals surface area contributed by atoms with Gasteiger partial charge in [-0.3, -0.25) is 9.36 Å². The molecule has 3 aromatic rings. The largest absolute Gasteiger partial charge is 0.284 e. The predicted molar refractivity (Wildman–Crippen MR) is 59.5 cm³/mol. The Bertz CT molecular complexity index is 678. The number of hydrogen-bond donors (Lipinski definition) is 1. The molecule has 0 fully saturated rings. The second-order valence-corrected chi connectivity index (χ2v) is 3.38. The predicted octanol–water partition coefficient (Wildman–Crippen LogP) is 1.11. The second-order valence-electron chi connectivity index (χ2n) is 3.38. The molecule has 0 aromatic carbocycles. The summed E-state index contributed by atoms with van der Waals surface area (Å²) < 4.78 is 1.82. The number of fused-ring (bicyclic) bond motifs is 1. The molecule has 0 aliphatic rings. The second kappa shape index (κ2) is 3.30. The summed E-state index contributed by atoms with van der Waals surface area (Å²) in [6.07, 6.45) is 3.60. The van der Waals surface area contributed by atoms with Crippen LogP contribution in [0.3, 0.4) is 0 Å². The molecule has 0 atom stereocenters. The normalized spacial score (nSPS) is 10.8. The Hall–Kier alpha value is -2.43. The van der Waals surface area contributed by atoms with Gasteiger partial charge in [-0.25, -0.2) is 10.1 Å². The lowest BCUT2D eigenvalue weighted by atomic mass is 10.3. The highest BCUT2D eigenvalue weighted by molar-refractivity contribution is 5.77. The monoisotopic (exact) mass is 212 g/mol. The van der Waals surface area contributed by atoms with Crippen LogP contribution in [-0.4, -0.2) is 19.7 Å². The topological polar surface area (TPSA) is 63.6 Å². The smallest absolute Gasteiger partial charge is 0.264 e. The number of aromatic amines is 1. The molecule has 3 aromatic heterocycles. The Kier molecular flexibility index (Phi) is 1.83. The van der Waals surface area contributed by atoms with Gasteiger partial charge in [0, 0.05) is 23.8 Å². The fourth-order valence-electron chi connectivity index (χ4n) is 1.62. The molecule has 3 rings (SSSR count). The highest BCUT2D eigenvalue weighted by atomic mass is 16.1. The van der Waals surface area contributed by atoms with Crippen molar-refractivity contribution in [1.82, 2.24) is 19.7 Å². The molecule has 16 heavy (non-hydrogen) atoms. The lowest BCUT2D eigenvalue weighted by Crippen LogP contribution is -2.08. The molecule has 0 spiro atoms. The standard InChI is InChI=1S/C11H8N4O/c16-10-4-3-9(13-14-10)15-7-5-8-2-1-6-12-11(8)15/h1-7H,(H,14,16). The maximum atomic E-state index is 10.9. The molecule has 0 bridgehead atoms. The number of pyridine rings is 1. The molecule has 0 aliphatic heterocycles. The zero-order chi connectivity index (χ0) is 11.0. The number of aromatic nitrogens is 4. The van der Waals surface area contributed by atoms with Crippen LogP contribution in [0.2, 0.25) is 0 Å². The van der Waals surface area contributed by atoms with Gasteiger partial charge in [-0.1, -0.05) is 0 Å². The lowest BCUT2D eigenvalue weighted by molar-refractivity contribution is 0.907. The Labute approximate surface area is 90.4 Å². The number of nitrogens with one attached hydrogen (secondary N) is 1. The Morgan fingerprint density at radius 1 is 1.19 bits per heavy atom. The number of hydrogen-bond acceptors (Lipinski definition) is 3. The summed E-state index contributed by atoms with van der Waals surface area (Å²) in [5.74, 6) is 0.647. The maximum Gasteiger partial charge on any atom is 0.264 e. The molecular weight excluding hydrogens is 204 g/mol. The minimum atomic E-state index is -0.215.